The van der Waals surface area contributed by atoms with Gasteiger partial charge in [0, 0.05) is 6.08 Å². The van der Waals surface area contributed by atoms with Gasteiger partial charge in [-0.2, -0.15) is 0 Å². The topological polar surface area (TPSA) is 46.5 Å². The van der Waals surface area contributed by atoms with E-state index in [4.69, 9.17) is 5.11 Å². The Hall–Kier alpha value is -1.25. The van der Waals surface area contributed by atoms with Gasteiger partial charge in [-0.3, -0.25) is 0 Å². The number of carbonyl (C=O) groups excluding carboxylic acids is 1. The molecule has 1 atom stereocenters. The Balaban J connectivity index is 3.79. The van der Waals surface area contributed by atoms with Crippen molar-refractivity contribution in [3.63, 3.8) is 0 Å². The molecule has 1 N–H and O–H groups in total. The molecule has 0 aromatic heterocycles. The zero-order valence-electron chi connectivity index (χ0n) is 5.83. The van der Waals surface area contributed by atoms with Crippen LogP contribution < -0.4 is 0 Å². The second kappa shape index (κ2) is 3.71. The van der Waals surface area contributed by atoms with E-state index < -0.39 is 12.1 Å². The molecule has 56 valence electrons. The third kappa shape index (κ3) is 2.91. The molecular weight excluding hydrogens is 132 g/mol. The van der Waals surface area contributed by atoms with Crippen LogP contribution in [0.4, 0.5) is 0 Å². The van der Waals surface area contributed by atoms with Crippen LogP contribution in [0.2, 0.25) is 0 Å². The van der Waals surface area contributed by atoms with Crippen LogP contribution in [0.5, 0.6) is 0 Å². The molecule has 10 heavy (non-hydrogen) atoms. The summed E-state index contributed by atoms with van der Waals surface area (Å²) >= 11 is 0. The predicted molar refractivity (Wildman–Crippen MR) is 37.5 cm³/mol. The normalized spacial score (nSPS) is 11.7. The van der Waals surface area contributed by atoms with E-state index in [-0.39, 0.29) is 5.76 Å². The zero-order valence-corrected chi connectivity index (χ0v) is 5.83. The Labute approximate surface area is 59.6 Å². The van der Waals surface area contributed by atoms with Crippen LogP contribution in [0.15, 0.2) is 25.0 Å². The fourth-order valence-electron chi connectivity index (χ4n) is 0.290. The number of carbonyl (C=O) groups is 1. The van der Waals surface area contributed by atoms with Crippen molar-refractivity contribution in [1.29, 1.82) is 0 Å². The molecule has 0 radical (unpaired) electrons. The Morgan fingerprint density at radius 3 is 2.60 bits per heavy atom. The van der Waals surface area contributed by atoms with Gasteiger partial charge in [0.2, 0.25) is 0 Å². The summed E-state index contributed by atoms with van der Waals surface area (Å²) in [7, 11) is 0. The van der Waals surface area contributed by atoms with Gasteiger partial charge in [-0.15, -0.1) is 0 Å². The Morgan fingerprint density at radius 2 is 2.30 bits per heavy atom. The van der Waals surface area contributed by atoms with Gasteiger partial charge in [0.1, 0.15) is 5.76 Å². The van der Waals surface area contributed by atoms with Gasteiger partial charge < -0.3 is 9.84 Å². The van der Waals surface area contributed by atoms with Crippen LogP contribution in [0.1, 0.15) is 6.92 Å². The molecule has 0 spiro atoms. The van der Waals surface area contributed by atoms with E-state index >= 15 is 0 Å². The highest BCUT2D eigenvalue weighted by atomic mass is 16.5. The van der Waals surface area contributed by atoms with Crippen molar-refractivity contribution in [2.75, 3.05) is 0 Å². The minimum absolute atomic E-state index is 0.171. The molecule has 0 aliphatic heterocycles. The van der Waals surface area contributed by atoms with Crippen molar-refractivity contribution >= 4 is 5.97 Å². The molecule has 3 heteroatoms. The molecule has 0 aromatic rings. The van der Waals surface area contributed by atoms with Crippen LogP contribution in [0.25, 0.3) is 0 Å². The molecule has 0 aliphatic carbocycles. The van der Waals surface area contributed by atoms with Crippen LogP contribution in [-0.2, 0) is 9.53 Å². The summed E-state index contributed by atoms with van der Waals surface area (Å²) in [6, 6.07) is 0. The number of aliphatic hydroxyl groups excluding tert-OH is 1. The average Bonchev–Trinajstić information content (AvgIpc) is 1.87. The van der Waals surface area contributed by atoms with Crippen molar-refractivity contribution in [2.45, 2.75) is 13.0 Å². The second-order valence-electron chi connectivity index (χ2n) is 1.77. The molecule has 0 bridgehead atoms. The lowest BCUT2D eigenvalue weighted by Gasteiger charge is -2.08. The molecule has 0 aliphatic rings. The van der Waals surface area contributed by atoms with E-state index in [9.17, 15) is 4.79 Å². The molecule has 0 saturated carbocycles. The fraction of sp³-hybridized carbons (Fsp3) is 0.286. The number of hydrogen-bond donors (Lipinski definition) is 1. The molecule has 0 heterocycles. The quantitative estimate of drug-likeness (QED) is 0.365. The summed E-state index contributed by atoms with van der Waals surface area (Å²) in [5.74, 6) is -0.738. The first-order valence-corrected chi connectivity index (χ1v) is 2.78. The SMILES string of the molecule is C=CC(=O)O[C@@H](C)C(=C)O. The van der Waals surface area contributed by atoms with Crippen LogP contribution in [-0.4, -0.2) is 17.2 Å². The van der Waals surface area contributed by atoms with Gasteiger partial charge in [-0.05, 0) is 6.92 Å². The fourth-order valence-corrected chi connectivity index (χ4v) is 0.290. The minimum Gasteiger partial charge on any atom is -0.509 e. The molecule has 0 rings (SSSR count). The van der Waals surface area contributed by atoms with Gasteiger partial charge >= 0.3 is 5.97 Å². The summed E-state index contributed by atoms with van der Waals surface area (Å²) in [6.07, 6.45) is 0.366. The highest BCUT2D eigenvalue weighted by Crippen LogP contribution is 1.99. The van der Waals surface area contributed by atoms with Gasteiger partial charge in [0.05, 0.1) is 0 Å². The third-order valence-electron chi connectivity index (χ3n) is 0.929. The smallest absolute Gasteiger partial charge is 0.330 e. The van der Waals surface area contributed by atoms with Crippen LogP contribution >= 0.6 is 0 Å². The Morgan fingerprint density at radius 1 is 1.80 bits per heavy atom. The van der Waals surface area contributed by atoms with E-state index in [1.54, 1.807) is 0 Å². The molecule has 0 amide bonds. The standard InChI is InChI=1S/C7H10O3/c1-4-7(9)10-6(3)5(2)8/h4,6,8H,1-2H2,3H3/t6-/m0/s1. The molecular formula is C7H10O3. The highest BCUT2D eigenvalue weighted by Gasteiger charge is 2.07. The lowest BCUT2D eigenvalue weighted by molar-refractivity contribution is -0.141. The van der Waals surface area contributed by atoms with E-state index in [0.717, 1.165) is 6.08 Å². The summed E-state index contributed by atoms with van der Waals surface area (Å²) < 4.78 is 4.55. The van der Waals surface area contributed by atoms with Gasteiger partial charge in [-0.25, -0.2) is 4.79 Å². The maximum Gasteiger partial charge on any atom is 0.330 e. The maximum absolute atomic E-state index is 10.4. The number of aliphatic hydroxyl groups is 1. The first-order valence-electron chi connectivity index (χ1n) is 2.78. The lowest BCUT2D eigenvalue weighted by Crippen LogP contribution is -2.14. The third-order valence-corrected chi connectivity index (χ3v) is 0.929. The van der Waals surface area contributed by atoms with Crippen molar-refractivity contribution < 1.29 is 14.6 Å². The summed E-state index contributed by atoms with van der Waals surface area (Å²) in [6.45, 7) is 7.89. The predicted octanol–water partition coefficient (Wildman–Crippen LogP) is 1.18. The molecule has 0 fully saturated rings. The van der Waals surface area contributed by atoms with Crippen molar-refractivity contribution in [3.05, 3.63) is 25.0 Å². The number of ether oxygens (including phenoxy) is 1. The minimum atomic E-state index is -0.662. The first-order chi connectivity index (χ1) is 4.57. The average molecular weight is 142 g/mol. The number of hydrogen-bond acceptors (Lipinski definition) is 3. The molecule has 0 saturated heterocycles. The first kappa shape index (κ1) is 8.75. The highest BCUT2D eigenvalue weighted by molar-refractivity contribution is 5.81. The monoisotopic (exact) mass is 142 g/mol. The number of rotatable bonds is 3. The van der Waals surface area contributed by atoms with Gasteiger partial charge in [0.15, 0.2) is 6.10 Å². The van der Waals surface area contributed by atoms with Gasteiger partial charge in [-0.1, -0.05) is 13.2 Å². The molecule has 0 unspecified atom stereocenters. The second-order valence-corrected chi connectivity index (χ2v) is 1.77. The van der Waals surface area contributed by atoms with Crippen molar-refractivity contribution in [2.24, 2.45) is 0 Å². The summed E-state index contributed by atoms with van der Waals surface area (Å²) in [5.41, 5.74) is 0. The van der Waals surface area contributed by atoms with E-state index in [1.165, 1.54) is 6.92 Å². The van der Waals surface area contributed by atoms with Gasteiger partial charge in [0.25, 0.3) is 0 Å². The van der Waals surface area contributed by atoms with Crippen LogP contribution in [0.3, 0.4) is 0 Å². The van der Waals surface area contributed by atoms with E-state index in [0.29, 0.717) is 0 Å². The lowest BCUT2D eigenvalue weighted by atomic mass is 10.3. The van der Waals surface area contributed by atoms with E-state index in [1.807, 2.05) is 0 Å². The van der Waals surface area contributed by atoms with E-state index in [2.05, 4.69) is 17.9 Å². The Bertz CT molecular complexity index is 160. The number of esters is 1. The summed E-state index contributed by atoms with van der Waals surface area (Å²) in [5, 5.41) is 8.66. The Kier molecular flexibility index (Phi) is 3.25. The molecule has 3 nitrogen and oxygen atoms in total. The summed E-state index contributed by atoms with van der Waals surface area (Å²) in [4.78, 5) is 10.4. The maximum atomic E-state index is 10.4. The van der Waals surface area contributed by atoms with Crippen molar-refractivity contribution in [1.82, 2.24) is 0 Å². The molecule has 0 aromatic carbocycles. The largest absolute Gasteiger partial charge is 0.509 e. The van der Waals surface area contributed by atoms with Crippen LogP contribution in [0, 0.1) is 0 Å². The zero-order chi connectivity index (χ0) is 8.15. The van der Waals surface area contributed by atoms with Crippen molar-refractivity contribution in [3.8, 4) is 0 Å².